The van der Waals surface area contributed by atoms with E-state index in [2.05, 4.69) is 4.52 Å². The second-order valence-corrected chi connectivity index (χ2v) is 6.09. The van der Waals surface area contributed by atoms with Crippen LogP contribution in [0.15, 0.2) is 0 Å². The molecule has 1 unspecified atom stereocenters. The van der Waals surface area contributed by atoms with Gasteiger partial charge in [0.25, 0.3) is 0 Å². The number of Topliss-reactive ketones (excluding diaryl/α,β-unsaturated/α-hetero) is 1. The molecule has 1 rings (SSSR count). The molecule has 82 valence electrons. The van der Waals surface area contributed by atoms with Gasteiger partial charge in [-0.05, 0) is 25.2 Å². The highest BCUT2D eigenvalue weighted by Gasteiger charge is 2.40. The zero-order valence-electron chi connectivity index (χ0n) is 8.65. The minimum Gasteiger partial charge on any atom is -0.324 e. The molecule has 0 bridgehead atoms. The Morgan fingerprint density at radius 2 is 2.14 bits per heavy atom. The van der Waals surface area contributed by atoms with E-state index in [1.54, 1.807) is 6.92 Å². The summed E-state index contributed by atoms with van der Waals surface area (Å²) >= 11 is 0. The average Bonchev–Trinajstić information content (AvgIpc) is 2.64. The molecular formula is C9H17O4P. The summed E-state index contributed by atoms with van der Waals surface area (Å²) in [7, 11) is -3.66. The fourth-order valence-corrected chi connectivity index (χ4v) is 2.44. The van der Waals surface area contributed by atoms with E-state index >= 15 is 0 Å². The fourth-order valence-electron chi connectivity index (χ4n) is 1.39. The molecule has 0 saturated heterocycles. The van der Waals surface area contributed by atoms with Gasteiger partial charge in [-0.2, -0.15) is 0 Å². The van der Waals surface area contributed by atoms with Crippen LogP contribution >= 0.6 is 7.60 Å². The summed E-state index contributed by atoms with van der Waals surface area (Å²) in [5.41, 5.74) is 0.100. The molecule has 1 aliphatic carbocycles. The zero-order valence-corrected chi connectivity index (χ0v) is 9.55. The van der Waals surface area contributed by atoms with Crippen LogP contribution in [-0.4, -0.2) is 23.4 Å². The number of rotatable bonds is 6. The molecule has 14 heavy (non-hydrogen) atoms. The molecule has 1 fully saturated rings. The van der Waals surface area contributed by atoms with Crippen LogP contribution in [0.5, 0.6) is 0 Å². The highest BCUT2D eigenvalue weighted by molar-refractivity contribution is 7.53. The van der Waals surface area contributed by atoms with Crippen molar-refractivity contribution in [2.75, 3.05) is 12.8 Å². The lowest BCUT2D eigenvalue weighted by Crippen LogP contribution is -2.11. The quantitative estimate of drug-likeness (QED) is 0.695. The second kappa shape index (κ2) is 4.13. The van der Waals surface area contributed by atoms with Crippen LogP contribution in [0.25, 0.3) is 0 Å². The molecule has 5 heteroatoms. The third-order valence-electron chi connectivity index (χ3n) is 2.43. The largest absolute Gasteiger partial charge is 0.335 e. The number of ketones is 1. The van der Waals surface area contributed by atoms with Crippen molar-refractivity contribution in [3.8, 4) is 0 Å². The van der Waals surface area contributed by atoms with Crippen LogP contribution in [0.2, 0.25) is 0 Å². The van der Waals surface area contributed by atoms with Crippen LogP contribution < -0.4 is 0 Å². The van der Waals surface area contributed by atoms with Crippen molar-refractivity contribution in [2.24, 2.45) is 5.41 Å². The Kier molecular flexibility index (Phi) is 3.51. The molecule has 0 aliphatic heterocycles. The molecular weight excluding hydrogens is 203 g/mol. The Morgan fingerprint density at radius 1 is 1.57 bits per heavy atom. The third kappa shape index (κ3) is 3.91. The van der Waals surface area contributed by atoms with Crippen LogP contribution in [0, 0.1) is 5.41 Å². The second-order valence-electron chi connectivity index (χ2n) is 4.24. The predicted octanol–water partition coefficient (Wildman–Crippen LogP) is 1.97. The van der Waals surface area contributed by atoms with Gasteiger partial charge in [-0.3, -0.25) is 9.36 Å². The topological polar surface area (TPSA) is 63.6 Å². The van der Waals surface area contributed by atoms with Gasteiger partial charge in [-0.1, -0.05) is 6.92 Å². The standard InChI is InChI=1S/C9H17O4P/c1-3-13-14(11,12)7-8(10)6-9(2)4-5-9/h3-7H2,1-2H3,(H,11,12). The van der Waals surface area contributed by atoms with Gasteiger partial charge >= 0.3 is 7.60 Å². The van der Waals surface area contributed by atoms with E-state index in [-0.39, 0.29) is 24.0 Å². The normalized spacial score (nSPS) is 22.8. The van der Waals surface area contributed by atoms with E-state index in [0.717, 1.165) is 12.8 Å². The van der Waals surface area contributed by atoms with Crippen molar-refractivity contribution >= 4 is 13.4 Å². The lowest BCUT2D eigenvalue weighted by Gasteiger charge is -2.11. The molecule has 0 spiro atoms. The minimum atomic E-state index is -3.66. The van der Waals surface area contributed by atoms with E-state index in [1.165, 1.54) is 0 Å². The maximum atomic E-state index is 11.4. The van der Waals surface area contributed by atoms with Gasteiger partial charge in [0.2, 0.25) is 0 Å². The van der Waals surface area contributed by atoms with Gasteiger partial charge in [-0.25, -0.2) is 0 Å². The Balaban J connectivity index is 2.36. The molecule has 0 aromatic rings. The number of hydrogen-bond acceptors (Lipinski definition) is 3. The van der Waals surface area contributed by atoms with Crippen molar-refractivity contribution in [3.63, 3.8) is 0 Å². The molecule has 1 aliphatic rings. The highest BCUT2D eigenvalue weighted by Crippen LogP contribution is 2.50. The molecule has 0 aromatic heterocycles. The van der Waals surface area contributed by atoms with Crippen molar-refractivity contribution in [3.05, 3.63) is 0 Å². The van der Waals surface area contributed by atoms with Gasteiger partial charge in [-0.15, -0.1) is 0 Å². The van der Waals surface area contributed by atoms with Gasteiger partial charge in [0.1, 0.15) is 11.9 Å². The molecule has 0 radical (unpaired) electrons. The molecule has 4 nitrogen and oxygen atoms in total. The zero-order chi connectivity index (χ0) is 10.8. The monoisotopic (exact) mass is 220 g/mol. The Labute approximate surface area is 84.2 Å². The first kappa shape index (κ1) is 11.9. The Morgan fingerprint density at radius 3 is 2.57 bits per heavy atom. The van der Waals surface area contributed by atoms with Crippen LogP contribution in [0.3, 0.4) is 0 Å². The molecule has 1 atom stereocenters. The first-order valence-corrected chi connectivity index (χ1v) is 6.61. The lowest BCUT2D eigenvalue weighted by molar-refractivity contribution is -0.117. The van der Waals surface area contributed by atoms with E-state index in [4.69, 9.17) is 0 Å². The van der Waals surface area contributed by atoms with Crippen molar-refractivity contribution < 1.29 is 18.8 Å². The smallest absolute Gasteiger partial charge is 0.324 e. The summed E-state index contributed by atoms with van der Waals surface area (Å²) in [4.78, 5) is 20.6. The lowest BCUT2D eigenvalue weighted by atomic mass is 10.0. The summed E-state index contributed by atoms with van der Waals surface area (Å²) in [5, 5.41) is 0. The summed E-state index contributed by atoms with van der Waals surface area (Å²) in [6, 6.07) is 0. The van der Waals surface area contributed by atoms with Crippen LogP contribution in [0.1, 0.15) is 33.1 Å². The highest BCUT2D eigenvalue weighted by atomic mass is 31.2. The third-order valence-corrected chi connectivity index (χ3v) is 3.85. The summed E-state index contributed by atoms with van der Waals surface area (Å²) in [6.07, 6.45) is 2.16. The molecule has 0 aromatic carbocycles. The molecule has 1 N–H and O–H groups in total. The summed E-state index contributed by atoms with van der Waals surface area (Å²) in [5.74, 6) is -0.163. The van der Waals surface area contributed by atoms with E-state index in [1.807, 2.05) is 6.92 Å². The van der Waals surface area contributed by atoms with E-state index < -0.39 is 7.60 Å². The summed E-state index contributed by atoms with van der Waals surface area (Å²) < 4.78 is 15.9. The van der Waals surface area contributed by atoms with Gasteiger partial charge in [0.15, 0.2) is 0 Å². The first-order valence-electron chi connectivity index (χ1n) is 4.85. The predicted molar refractivity (Wildman–Crippen MR) is 53.3 cm³/mol. The number of hydrogen-bond donors (Lipinski definition) is 1. The molecule has 1 saturated carbocycles. The SMILES string of the molecule is CCOP(=O)(O)CC(=O)CC1(C)CC1. The maximum absolute atomic E-state index is 11.4. The van der Waals surface area contributed by atoms with E-state index in [0.29, 0.717) is 6.42 Å². The van der Waals surface area contributed by atoms with Gasteiger partial charge in [0, 0.05) is 6.42 Å². The Hall–Kier alpha value is -0.180. The van der Waals surface area contributed by atoms with Crippen molar-refractivity contribution in [1.82, 2.24) is 0 Å². The molecule has 0 amide bonds. The van der Waals surface area contributed by atoms with E-state index in [9.17, 15) is 14.3 Å². The number of carbonyl (C=O) groups excluding carboxylic acids is 1. The Bertz CT molecular complexity index is 270. The maximum Gasteiger partial charge on any atom is 0.335 e. The summed E-state index contributed by atoms with van der Waals surface area (Å²) in [6.45, 7) is 3.82. The van der Waals surface area contributed by atoms with Crippen LogP contribution in [-0.2, 0) is 13.9 Å². The first-order chi connectivity index (χ1) is 6.37. The van der Waals surface area contributed by atoms with Crippen molar-refractivity contribution in [1.29, 1.82) is 0 Å². The van der Waals surface area contributed by atoms with Crippen molar-refractivity contribution in [2.45, 2.75) is 33.1 Å². The molecule has 0 heterocycles. The fraction of sp³-hybridized carbons (Fsp3) is 0.889. The number of carbonyl (C=O) groups is 1. The average molecular weight is 220 g/mol. The van der Waals surface area contributed by atoms with Crippen LogP contribution in [0.4, 0.5) is 0 Å². The minimum absolute atomic E-state index is 0.100. The van der Waals surface area contributed by atoms with Gasteiger partial charge in [0.05, 0.1) is 6.61 Å². The van der Waals surface area contributed by atoms with Gasteiger partial charge < -0.3 is 9.42 Å².